The molecular formula is C22H18N2O2S2. The van der Waals surface area contributed by atoms with E-state index >= 15 is 0 Å². The number of carbonyl (C=O) groups excluding carboxylic acids is 1. The average Bonchev–Trinajstić information content (AvgIpc) is 3.27. The largest absolute Gasteiger partial charge is 0.292 e. The van der Waals surface area contributed by atoms with E-state index in [4.69, 9.17) is 0 Å². The highest BCUT2D eigenvalue weighted by atomic mass is 32.2. The lowest BCUT2D eigenvalue weighted by molar-refractivity contribution is 0.102. The van der Waals surface area contributed by atoms with Crippen LogP contribution in [0.25, 0.3) is 16.6 Å². The third-order valence-corrected chi connectivity index (χ3v) is 6.33. The number of hydrogen-bond acceptors (Lipinski definition) is 5. The monoisotopic (exact) mass is 406 g/mol. The summed E-state index contributed by atoms with van der Waals surface area (Å²) in [6.07, 6.45) is 0.933. The molecule has 6 heteroatoms. The molecule has 2 aromatic carbocycles. The zero-order valence-corrected chi connectivity index (χ0v) is 16.9. The van der Waals surface area contributed by atoms with Crippen molar-refractivity contribution in [2.75, 3.05) is 5.75 Å². The van der Waals surface area contributed by atoms with Crippen molar-refractivity contribution in [3.63, 3.8) is 0 Å². The maximum atomic E-state index is 13.2. The SMILES string of the molecule is CCc1ccc(-n2c(SCC(=O)c3cccs3)nc3ccccc3c2=O)cc1. The van der Waals surface area contributed by atoms with Gasteiger partial charge >= 0.3 is 0 Å². The topological polar surface area (TPSA) is 52.0 Å². The van der Waals surface area contributed by atoms with E-state index in [9.17, 15) is 9.59 Å². The molecule has 2 heterocycles. The van der Waals surface area contributed by atoms with E-state index in [1.165, 1.54) is 28.7 Å². The number of carbonyl (C=O) groups is 1. The predicted octanol–water partition coefficient (Wildman–Crippen LogP) is 4.98. The van der Waals surface area contributed by atoms with Crippen molar-refractivity contribution in [1.82, 2.24) is 9.55 Å². The molecular weight excluding hydrogens is 388 g/mol. The average molecular weight is 407 g/mol. The van der Waals surface area contributed by atoms with Crippen LogP contribution in [-0.2, 0) is 6.42 Å². The van der Waals surface area contributed by atoms with Gasteiger partial charge in [-0.3, -0.25) is 14.2 Å². The fourth-order valence-electron chi connectivity index (χ4n) is 2.96. The van der Waals surface area contributed by atoms with Gasteiger partial charge in [-0.15, -0.1) is 11.3 Å². The van der Waals surface area contributed by atoms with Crippen LogP contribution < -0.4 is 5.56 Å². The summed E-state index contributed by atoms with van der Waals surface area (Å²) in [7, 11) is 0. The van der Waals surface area contributed by atoms with Gasteiger partial charge in [-0.25, -0.2) is 4.98 Å². The lowest BCUT2D eigenvalue weighted by Crippen LogP contribution is -2.22. The van der Waals surface area contributed by atoms with Crippen molar-refractivity contribution >= 4 is 39.8 Å². The summed E-state index contributed by atoms with van der Waals surface area (Å²) in [4.78, 5) is 31.0. The molecule has 0 fully saturated rings. The standard InChI is InChI=1S/C22H18N2O2S2/c1-2-15-9-11-16(12-10-15)24-21(26)17-6-3-4-7-18(17)23-22(24)28-14-19(25)20-8-5-13-27-20/h3-13H,2,14H2,1H3. The molecule has 0 aliphatic heterocycles. The molecule has 0 bridgehead atoms. The number of hydrogen-bond donors (Lipinski definition) is 0. The Morgan fingerprint density at radius 3 is 2.57 bits per heavy atom. The quantitative estimate of drug-likeness (QED) is 0.257. The van der Waals surface area contributed by atoms with E-state index in [0.29, 0.717) is 16.1 Å². The van der Waals surface area contributed by atoms with Crippen molar-refractivity contribution < 1.29 is 4.79 Å². The highest BCUT2D eigenvalue weighted by Gasteiger charge is 2.15. The lowest BCUT2D eigenvalue weighted by atomic mass is 10.1. The number of aromatic nitrogens is 2. The van der Waals surface area contributed by atoms with Crippen LogP contribution >= 0.6 is 23.1 Å². The van der Waals surface area contributed by atoms with Gasteiger partial charge in [-0.1, -0.05) is 49.0 Å². The molecule has 0 unspecified atom stereocenters. The number of ketones is 1. The number of nitrogens with zero attached hydrogens (tertiary/aromatic N) is 2. The highest BCUT2D eigenvalue weighted by Crippen LogP contribution is 2.23. The Balaban J connectivity index is 1.78. The molecule has 4 nitrogen and oxygen atoms in total. The van der Waals surface area contributed by atoms with Crippen molar-refractivity contribution in [1.29, 1.82) is 0 Å². The molecule has 0 aliphatic rings. The Morgan fingerprint density at radius 2 is 1.86 bits per heavy atom. The van der Waals surface area contributed by atoms with Gasteiger partial charge in [-0.2, -0.15) is 0 Å². The van der Waals surface area contributed by atoms with Crippen LogP contribution in [0.4, 0.5) is 0 Å². The van der Waals surface area contributed by atoms with Crippen molar-refractivity contribution in [3.05, 3.63) is 86.8 Å². The molecule has 0 saturated heterocycles. The van der Waals surface area contributed by atoms with Gasteiger partial charge in [0.2, 0.25) is 0 Å². The van der Waals surface area contributed by atoms with Gasteiger partial charge in [-0.05, 0) is 47.7 Å². The third kappa shape index (κ3) is 3.66. The van der Waals surface area contributed by atoms with Gasteiger partial charge in [0.05, 0.1) is 27.2 Å². The Bertz CT molecular complexity index is 1180. The van der Waals surface area contributed by atoms with Crippen LogP contribution in [0.2, 0.25) is 0 Å². The Hall–Kier alpha value is -2.70. The maximum absolute atomic E-state index is 13.2. The molecule has 0 spiro atoms. The van der Waals surface area contributed by atoms with Gasteiger partial charge in [0.1, 0.15) is 0 Å². The van der Waals surface area contributed by atoms with E-state index in [1.54, 1.807) is 10.6 Å². The first kappa shape index (κ1) is 18.7. The Kier molecular flexibility index (Phi) is 5.41. The molecule has 0 atom stereocenters. The van der Waals surface area contributed by atoms with Crippen LogP contribution in [0.15, 0.2) is 76.0 Å². The van der Waals surface area contributed by atoms with Crippen molar-refractivity contribution in [2.24, 2.45) is 0 Å². The van der Waals surface area contributed by atoms with Gasteiger partial charge in [0, 0.05) is 0 Å². The van der Waals surface area contributed by atoms with Gasteiger partial charge < -0.3 is 0 Å². The van der Waals surface area contributed by atoms with E-state index in [-0.39, 0.29) is 17.1 Å². The molecule has 0 saturated carbocycles. The van der Waals surface area contributed by atoms with Crippen LogP contribution in [0.5, 0.6) is 0 Å². The molecule has 28 heavy (non-hydrogen) atoms. The summed E-state index contributed by atoms with van der Waals surface area (Å²) in [6, 6.07) is 18.9. The summed E-state index contributed by atoms with van der Waals surface area (Å²) in [5.74, 6) is 0.272. The minimum atomic E-state index is -0.124. The smallest absolute Gasteiger partial charge is 0.266 e. The number of Topliss-reactive ketones (excluding diaryl/α,β-unsaturated/α-hetero) is 1. The van der Waals surface area contributed by atoms with Crippen molar-refractivity contribution in [2.45, 2.75) is 18.5 Å². The summed E-state index contributed by atoms with van der Waals surface area (Å²) in [5.41, 5.74) is 2.47. The molecule has 0 amide bonds. The van der Waals surface area contributed by atoms with Crippen LogP contribution in [0.3, 0.4) is 0 Å². The summed E-state index contributed by atoms with van der Waals surface area (Å²) >= 11 is 2.72. The number of thioether (sulfide) groups is 1. The molecule has 0 N–H and O–H groups in total. The van der Waals surface area contributed by atoms with Crippen LogP contribution in [0, 0.1) is 0 Å². The van der Waals surface area contributed by atoms with E-state index in [1.807, 2.05) is 60.0 Å². The van der Waals surface area contributed by atoms with E-state index in [0.717, 1.165) is 17.0 Å². The number of aryl methyl sites for hydroxylation is 1. The second-order valence-corrected chi connectivity index (χ2v) is 8.15. The fourth-order valence-corrected chi connectivity index (χ4v) is 4.61. The number of fused-ring (bicyclic) bond motifs is 1. The minimum Gasteiger partial charge on any atom is -0.292 e. The third-order valence-electron chi connectivity index (χ3n) is 4.48. The first-order valence-electron chi connectivity index (χ1n) is 8.98. The first-order valence-corrected chi connectivity index (χ1v) is 10.8. The number of benzene rings is 2. The second-order valence-electron chi connectivity index (χ2n) is 6.26. The van der Waals surface area contributed by atoms with Crippen molar-refractivity contribution in [3.8, 4) is 5.69 Å². The first-order chi connectivity index (χ1) is 13.7. The molecule has 140 valence electrons. The van der Waals surface area contributed by atoms with Crippen LogP contribution in [0.1, 0.15) is 22.2 Å². The number of para-hydroxylation sites is 1. The minimum absolute atomic E-state index is 0.0373. The normalized spacial score (nSPS) is 11.0. The maximum Gasteiger partial charge on any atom is 0.266 e. The molecule has 0 radical (unpaired) electrons. The van der Waals surface area contributed by atoms with E-state index < -0.39 is 0 Å². The summed E-state index contributed by atoms with van der Waals surface area (Å²) < 4.78 is 1.61. The molecule has 4 rings (SSSR count). The Labute approximate surface area is 170 Å². The number of thiophene rings is 1. The summed E-state index contributed by atoms with van der Waals surface area (Å²) in [5, 5.41) is 2.98. The van der Waals surface area contributed by atoms with Gasteiger partial charge in [0.25, 0.3) is 5.56 Å². The molecule has 2 aromatic heterocycles. The van der Waals surface area contributed by atoms with E-state index in [2.05, 4.69) is 11.9 Å². The molecule has 0 aliphatic carbocycles. The zero-order valence-electron chi connectivity index (χ0n) is 15.3. The number of rotatable bonds is 6. The zero-order chi connectivity index (χ0) is 19.5. The predicted molar refractivity (Wildman–Crippen MR) is 116 cm³/mol. The fraction of sp³-hybridized carbons (Fsp3) is 0.136. The Morgan fingerprint density at radius 1 is 1.07 bits per heavy atom. The second kappa shape index (κ2) is 8.12. The van der Waals surface area contributed by atoms with Crippen LogP contribution in [-0.4, -0.2) is 21.1 Å². The highest BCUT2D eigenvalue weighted by molar-refractivity contribution is 7.99. The summed E-state index contributed by atoms with van der Waals surface area (Å²) in [6.45, 7) is 2.09. The lowest BCUT2D eigenvalue weighted by Gasteiger charge is -2.13. The molecule has 4 aromatic rings. The van der Waals surface area contributed by atoms with Gasteiger partial charge in [0.15, 0.2) is 10.9 Å².